The third-order valence-corrected chi connectivity index (χ3v) is 18.5. The normalized spacial score (nSPS) is 12.6. The maximum atomic E-state index is 2.47. The molecule has 1 aliphatic rings. The van der Waals surface area contributed by atoms with Crippen LogP contribution in [0.25, 0.3) is 115 Å². The van der Waals surface area contributed by atoms with E-state index in [4.69, 9.17) is 0 Å². The highest BCUT2D eigenvalue weighted by atomic mass is 15.1. The molecule has 0 unspecified atom stereocenters. The van der Waals surface area contributed by atoms with Crippen molar-refractivity contribution in [1.82, 2.24) is 4.57 Å². The van der Waals surface area contributed by atoms with E-state index in [-0.39, 0.29) is 5.41 Å². The summed E-state index contributed by atoms with van der Waals surface area (Å²) in [5.41, 5.74) is 20.0. The summed E-state index contributed by atoms with van der Waals surface area (Å²) in [7, 11) is 0. The number of hydrogen-bond donors (Lipinski definition) is 0. The molecule has 1 aromatic heterocycles. The predicted octanol–water partition coefficient (Wildman–Crippen LogP) is 23.1. The van der Waals surface area contributed by atoms with Crippen LogP contribution in [0.3, 0.4) is 0 Å². The number of rotatable bonds is 9. The Bertz CT molecular complexity index is 5340. The van der Waals surface area contributed by atoms with Gasteiger partial charge in [-0.15, -0.1) is 0 Å². The van der Waals surface area contributed by atoms with Crippen LogP contribution in [-0.4, -0.2) is 4.57 Å². The predicted molar refractivity (Wildman–Crippen MR) is 366 cm³/mol. The highest BCUT2D eigenvalue weighted by Gasteiger charge is 2.37. The van der Waals surface area contributed by atoms with E-state index in [2.05, 4.69) is 338 Å². The van der Waals surface area contributed by atoms with Crippen LogP contribution in [-0.2, 0) is 5.41 Å². The zero-order valence-corrected chi connectivity index (χ0v) is 47.8. The Kier molecular flexibility index (Phi) is 11.3. The minimum atomic E-state index is -0.314. The van der Waals surface area contributed by atoms with Crippen LogP contribution in [0.4, 0.5) is 34.1 Å². The number of fused-ring (bicyclic) bond motifs is 14. The van der Waals surface area contributed by atoms with E-state index in [1.165, 1.54) is 120 Å². The number of hydrogen-bond acceptors (Lipinski definition) is 2. The molecule has 1 aliphatic carbocycles. The molecule has 404 valence electrons. The molecule has 0 N–H and O–H groups in total. The summed E-state index contributed by atoms with van der Waals surface area (Å²) in [6, 6.07) is 115. The summed E-state index contributed by atoms with van der Waals surface area (Å²) >= 11 is 0. The highest BCUT2D eigenvalue weighted by molar-refractivity contribution is 6.26. The van der Waals surface area contributed by atoms with Gasteiger partial charge in [-0.2, -0.15) is 0 Å². The lowest BCUT2D eigenvalue weighted by atomic mass is 9.82. The van der Waals surface area contributed by atoms with Gasteiger partial charge in [0, 0.05) is 55.7 Å². The highest BCUT2D eigenvalue weighted by Crippen LogP contribution is 2.53. The Labute approximate surface area is 500 Å². The molecule has 0 fully saturated rings. The third-order valence-electron chi connectivity index (χ3n) is 18.5. The Balaban J connectivity index is 0.786. The lowest BCUT2D eigenvalue weighted by Crippen LogP contribution is -2.17. The van der Waals surface area contributed by atoms with Crippen molar-refractivity contribution >= 4 is 110 Å². The lowest BCUT2D eigenvalue weighted by molar-refractivity contribution is 0.660. The molecule has 0 bridgehead atoms. The molecule has 0 atom stereocenters. The molecule has 0 saturated carbocycles. The second kappa shape index (κ2) is 19.6. The van der Waals surface area contributed by atoms with Crippen molar-refractivity contribution in [1.29, 1.82) is 0 Å². The first kappa shape index (κ1) is 49.6. The first-order valence-electron chi connectivity index (χ1n) is 29.9. The maximum absolute atomic E-state index is 2.47. The molecule has 3 nitrogen and oxygen atoms in total. The number of benzene rings is 15. The van der Waals surface area contributed by atoms with Crippen molar-refractivity contribution in [3.63, 3.8) is 0 Å². The Hall–Kier alpha value is -11.0. The maximum Gasteiger partial charge on any atom is 0.0541 e. The molecular weight excluding hydrogens is 1040 g/mol. The van der Waals surface area contributed by atoms with Gasteiger partial charge in [0.1, 0.15) is 0 Å². The topological polar surface area (TPSA) is 11.4 Å². The first-order chi connectivity index (χ1) is 42.4. The molecule has 86 heavy (non-hydrogen) atoms. The zero-order chi connectivity index (χ0) is 57.0. The summed E-state index contributed by atoms with van der Waals surface area (Å²) < 4.78 is 2.39. The van der Waals surface area contributed by atoms with E-state index in [1.807, 2.05) is 0 Å². The van der Waals surface area contributed by atoms with Crippen LogP contribution in [0.1, 0.15) is 25.0 Å². The minimum Gasteiger partial charge on any atom is -0.310 e. The van der Waals surface area contributed by atoms with Gasteiger partial charge in [0.25, 0.3) is 0 Å². The summed E-state index contributed by atoms with van der Waals surface area (Å²) in [6.45, 7) is 4.81. The average molecular weight is 1100 g/mol. The smallest absolute Gasteiger partial charge is 0.0541 e. The monoisotopic (exact) mass is 1100 g/mol. The number of para-hydroxylation sites is 3. The summed E-state index contributed by atoms with van der Waals surface area (Å²) in [5.74, 6) is 0. The molecule has 0 aliphatic heterocycles. The molecule has 0 saturated heterocycles. The standard InChI is InChI=1S/C83H57N3/c1-83(2)78-52-61(42-45-73(78)74-46-43-62(53-79(74)83)85(57-22-5-3-6-23-57)80-35-19-21-54-20-9-10-26-65(54)80)84(60-41-44-72-70-31-14-13-29-68(70)69-30-15-16-32-71(69)76(72)51-60)59-39-36-55(37-40-59)63-47-48-64(67-28-12-11-27-66(63)67)56-38-49-82-77(50-56)75-33-17-18-34-81(75)86(82)58-24-7-4-8-25-58/h3-53H,1-2H3. The van der Waals surface area contributed by atoms with E-state index >= 15 is 0 Å². The quantitative estimate of drug-likeness (QED) is 0.133. The number of nitrogens with zero attached hydrogens (tertiary/aromatic N) is 3. The number of aromatic nitrogens is 1. The van der Waals surface area contributed by atoms with Gasteiger partial charge in [-0.3, -0.25) is 0 Å². The molecule has 15 aromatic carbocycles. The SMILES string of the molecule is CC1(C)c2cc(N(c3ccc(-c4ccc(-c5ccc6c(c5)c5ccccc5n6-c5ccccc5)c5ccccc45)cc3)c3ccc4c5ccccc5c5ccccc5c4c3)ccc2-c2ccc(N(c3ccccc3)c3cccc4ccccc34)cc21. The zero-order valence-electron chi connectivity index (χ0n) is 47.8. The van der Waals surface area contributed by atoms with Crippen LogP contribution in [0.2, 0.25) is 0 Å². The Morgan fingerprint density at radius 1 is 0.256 bits per heavy atom. The van der Waals surface area contributed by atoms with Crippen LogP contribution in [0.15, 0.2) is 309 Å². The van der Waals surface area contributed by atoms with Crippen molar-refractivity contribution in [2.75, 3.05) is 9.80 Å². The third kappa shape index (κ3) is 7.75. The molecule has 0 radical (unpaired) electrons. The molecule has 0 amide bonds. The van der Waals surface area contributed by atoms with Crippen molar-refractivity contribution in [3.05, 3.63) is 321 Å². The van der Waals surface area contributed by atoms with E-state index in [0.29, 0.717) is 0 Å². The largest absolute Gasteiger partial charge is 0.310 e. The van der Waals surface area contributed by atoms with E-state index in [9.17, 15) is 0 Å². The minimum absolute atomic E-state index is 0.314. The van der Waals surface area contributed by atoms with Crippen molar-refractivity contribution in [2.24, 2.45) is 0 Å². The van der Waals surface area contributed by atoms with Crippen LogP contribution >= 0.6 is 0 Å². The van der Waals surface area contributed by atoms with Crippen LogP contribution in [0, 0.1) is 0 Å². The fourth-order valence-corrected chi connectivity index (χ4v) is 14.5. The van der Waals surface area contributed by atoms with Crippen molar-refractivity contribution in [3.8, 4) is 39.1 Å². The second-order valence-electron chi connectivity index (χ2n) is 23.6. The van der Waals surface area contributed by atoms with Crippen molar-refractivity contribution in [2.45, 2.75) is 19.3 Å². The van der Waals surface area contributed by atoms with Crippen LogP contribution in [0.5, 0.6) is 0 Å². The van der Waals surface area contributed by atoms with Gasteiger partial charge in [0.05, 0.1) is 16.7 Å². The van der Waals surface area contributed by atoms with Gasteiger partial charge in [-0.1, -0.05) is 226 Å². The van der Waals surface area contributed by atoms with Gasteiger partial charge in [-0.25, -0.2) is 0 Å². The van der Waals surface area contributed by atoms with Gasteiger partial charge in [0.15, 0.2) is 0 Å². The van der Waals surface area contributed by atoms with E-state index in [0.717, 1.165) is 39.8 Å². The Morgan fingerprint density at radius 3 is 1.36 bits per heavy atom. The fourth-order valence-electron chi connectivity index (χ4n) is 14.5. The molecule has 16 aromatic rings. The van der Waals surface area contributed by atoms with E-state index in [1.54, 1.807) is 0 Å². The molecule has 1 heterocycles. The molecular formula is C83H57N3. The molecule has 3 heteroatoms. The number of anilines is 6. The summed E-state index contributed by atoms with van der Waals surface area (Å²) in [5, 5.41) is 14.9. The van der Waals surface area contributed by atoms with Gasteiger partial charge in [0.2, 0.25) is 0 Å². The van der Waals surface area contributed by atoms with Gasteiger partial charge >= 0.3 is 0 Å². The van der Waals surface area contributed by atoms with Gasteiger partial charge in [-0.05, 0) is 190 Å². The molecule has 0 spiro atoms. The molecule has 17 rings (SSSR count). The average Bonchev–Trinajstić information content (AvgIpc) is 1.85. The summed E-state index contributed by atoms with van der Waals surface area (Å²) in [6.07, 6.45) is 0. The first-order valence-corrected chi connectivity index (χ1v) is 29.9. The second-order valence-corrected chi connectivity index (χ2v) is 23.6. The van der Waals surface area contributed by atoms with Gasteiger partial charge < -0.3 is 14.4 Å². The van der Waals surface area contributed by atoms with Crippen LogP contribution < -0.4 is 9.80 Å². The van der Waals surface area contributed by atoms with Crippen molar-refractivity contribution < 1.29 is 0 Å². The summed E-state index contributed by atoms with van der Waals surface area (Å²) in [4.78, 5) is 4.90. The fraction of sp³-hybridized carbons (Fsp3) is 0.0361. The Morgan fingerprint density at radius 2 is 0.698 bits per heavy atom. The van der Waals surface area contributed by atoms with E-state index < -0.39 is 0 Å². The lowest BCUT2D eigenvalue weighted by Gasteiger charge is -2.30.